The molecule has 2 heterocycles. The highest BCUT2D eigenvalue weighted by Crippen LogP contribution is 2.29. The number of hydrogen-bond donors (Lipinski definition) is 1. The number of aromatic nitrogens is 1. The van der Waals surface area contributed by atoms with Crippen molar-refractivity contribution in [3.63, 3.8) is 0 Å². The van der Waals surface area contributed by atoms with Crippen LogP contribution < -0.4 is 4.74 Å². The van der Waals surface area contributed by atoms with Crippen molar-refractivity contribution in [1.29, 1.82) is 0 Å². The number of esters is 1. The number of aryl methyl sites for hydroxylation is 1. The average Bonchev–Trinajstić information content (AvgIpc) is 2.92. The largest absolute Gasteiger partial charge is 0.491 e. The second-order valence-electron chi connectivity index (χ2n) is 7.49. The molecule has 1 atom stereocenters. The first-order chi connectivity index (χ1) is 13.4. The van der Waals surface area contributed by atoms with Crippen LogP contribution >= 0.6 is 0 Å². The van der Waals surface area contributed by atoms with E-state index >= 15 is 0 Å². The van der Waals surface area contributed by atoms with Crippen molar-refractivity contribution in [2.24, 2.45) is 7.05 Å². The number of benzene rings is 1. The van der Waals surface area contributed by atoms with Crippen molar-refractivity contribution >= 4 is 16.9 Å². The van der Waals surface area contributed by atoms with Crippen molar-refractivity contribution in [3.8, 4) is 5.75 Å². The van der Waals surface area contributed by atoms with Crippen LogP contribution in [0.4, 0.5) is 0 Å². The number of fused-ring (bicyclic) bond motifs is 1. The van der Waals surface area contributed by atoms with E-state index in [2.05, 4.69) is 16.8 Å². The Morgan fingerprint density at radius 2 is 1.93 bits per heavy atom. The van der Waals surface area contributed by atoms with Gasteiger partial charge in [-0.2, -0.15) is 0 Å². The fourth-order valence-electron chi connectivity index (χ4n) is 3.68. The zero-order valence-corrected chi connectivity index (χ0v) is 17.3. The van der Waals surface area contributed by atoms with Gasteiger partial charge in [0.25, 0.3) is 0 Å². The maximum Gasteiger partial charge on any atom is 0.340 e. The summed E-state index contributed by atoms with van der Waals surface area (Å²) in [5.41, 5.74) is 2.38. The predicted molar refractivity (Wildman–Crippen MR) is 109 cm³/mol. The first kappa shape index (κ1) is 20.6. The van der Waals surface area contributed by atoms with E-state index in [1.54, 1.807) is 6.92 Å². The molecule has 7 nitrogen and oxygen atoms in total. The molecule has 3 rings (SSSR count). The van der Waals surface area contributed by atoms with Gasteiger partial charge < -0.3 is 24.0 Å². The molecule has 1 fully saturated rings. The summed E-state index contributed by atoms with van der Waals surface area (Å²) in [6.07, 6.45) is -0.555. The first-order valence-electron chi connectivity index (χ1n) is 9.88. The summed E-state index contributed by atoms with van der Waals surface area (Å²) in [6.45, 7) is 8.84. The van der Waals surface area contributed by atoms with E-state index in [0.29, 0.717) is 24.5 Å². The number of hydrogen-bond acceptors (Lipinski definition) is 6. The van der Waals surface area contributed by atoms with Gasteiger partial charge in [-0.25, -0.2) is 4.79 Å². The van der Waals surface area contributed by atoms with E-state index in [1.165, 1.54) is 0 Å². The lowest BCUT2D eigenvalue weighted by molar-refractivity contribution is 0.0504. The average molecular weight is 389 g/mol. The number of likely N-dealkylation sites (N-methyl/N-ethyl adjacent to an activating group) is 1. The SMILES string of the molecule is CCOC(=O)c1c(C)n(C)c2ccc(OC[C@H](O)CN3CCN(C)CC3)cc12. The van der Waals surface area contributed by atoms with Crippen LogP contribution in [0.2, 0.25) is 0 Å². The Morgan fingerprint density at radius 1 is 1.21 bits per heavy atom. The Balaban J connectivity index is 1.68. The lowest BCUT2D eigenvalue weighted by Crippen LogP contribution is -2.47. The van der Waals surface area contributed by atoms with E-state index in [1.807, 2.05) is 36.7 Å². The van der Waals surface area contributed by atoms with Crippen molar-refractivity contribution in [3.05, 3.63) is 29.5 Å². The van der Waals surface area contributed by atoms with E-state index in [0.717, 1.165) is 42.8 Å². The first-order valence-corrected chi connectivity index (χ1v) is 9.88. The molecule has 0 unspecified atom stereocenters. The highest BCUT2D eigenvalue weighted by Gasteiger charge is 2.21. The van der Waals surface area contributed by atoms with Gasteiger partial charge in [0.15, 0.2) is 0 Å². The predicted octanol–water partition coefficient (Wildman–Crippen LogP) is 1.65. The molecule has 0 bridgehead atoms. The maximum absolute atomic E-state index is 12.4. The summed E-state index contributed by atoms with van der Waals surface area (Å²) in [6, 6.07) is 5.67. The minimum absolute atomic E-state index is 0.221. The molecule has 1 aliphatic rings. The van der Waals surface area contributed by atoms with Gasteiger partial charge >= 0.3 is 5.97 Å². The molecular weight excluding hydrogens is 358 g/mol. The molecule has 0 amide bonds. The molecule has 0 radical (unpaired) electrons. The molecule has 1 aromatic carbocycles. The van der Waals surface area contributed by atoms with Crippen molar-refractivity contribution in [2.45, 2.75) is 20.0 Å². The molecule has 2 aromatic rings. The topological polar surface area (TPSA) is 67.2 Å². The molecule has 0 saturated carbocycles. The molecule has 0 aliphatic carbocycles. The van der Waals surface area contributed by atoms with E-state index < -0.39 is 6.10 Å². The third kappa shape index (κ3) is 4.48. The number of aliphatic hydroxyl groups excluding tert-OH is 1. The van der Waals surface area contributed by atoms with Crippen molar-refractivity contribution in [2.75, 3.05) is 53.0 Å². The summed E-state index contributed by atoms with van der Waals surface area (Å²) in [5, 5.41) is 11.2. The van der Waals surface area contributed by atoms with E-state index in [4.69, 9.17) is 9.47 Å². The highest BCUT2D eigenvalue weighted by molar-refractivity contribution is 6.06. The number of piperazine rings is 1. The van der Waals surface area contributed by atoms with Gasteiger partial charge in [-0.15, -0.1) is 0 Å². The van der Waals surface area contributed by atoms with Gasteiger partial charge in [0, 0.05) is 56.4 Å². The molecule has 154 valence electrons. The van der Waals surface area contributed by atoms with Crippen LogP contribution in [0.1, 0.15) is 23.0 Å². The van der Waals surface area contributed by atoms with Gasteiger partial charge in [-0.1, -0.05) is 0 Å². The highest BCUT2D eigenvalue weighted by atomic mass is 16.5. The number of nitrogens with zero attached hydrogens (tertiary/aromatic N) is 3. The minimum atomic E-state index is -0.555. The van der Waals surface area contributed by atoms with Crippen molar-refractivity contribution < 1.29 is 19.4 Å². The molecule has 0 spiro atoms. The normalized spacial score (nSPS) is 17.0. The summed E-state index contributed by atoms with van der Waals surface area (Å²) in [5.74, 6) is 0.318. The quantitative estimate of drug-likeness (QED) is 0.727. The molecule has 7 heteroatoms. The van der Waals surface area contributed by atoms with E-state index in [9.17, 15) is 9.90 Å². The van der Waals surface area contributed by atoms with E-state index in [-0.39, 0.29) is 12.6 Å². The second-order valence-corrected chi connectivity index (χ2v) is 7.49. The zero-order valence-electron chi connectivity index (χ0n) is 17.3. The summed E-state index contributed by atoms with van der Waals surface area (Å²) < 4.78 is 13.0. The Morgan fingerprint density at radius 3 is 2.61 bits per heavy atom. The van der Waals surface area contributed by atoms with Crippen LogP contribution in [0.5, 0.6) is 5.75 Å². The molecule has 1 N–H and O–H groups in total. The Hall–Kier alpha value is -2.09. The number of aliphatic hydroxyl groups is 1. The van der Waals surface area contributed by atoms with Crippen molar-refractivity contribution in [1.82, 2.24) is 14.4 Å². The molecule has 1 aliphatic heterocycles. The van der Waals surface area contributed by atoms with Crippen LogP contribution in [0, 0.1) is 6.92 Å². The van der Waals surface area contributed by atoms with Crippen LogP contribution in [0.15, 0.2) is 18.2 Å². The Labute approximate surface area is 166 Å². The van der Waals surface area contributed by atoms with Gasteiger partial charge in [-0.3, -0.25) is 4.90 Å². The monoisotopic (exact) mass is 389 g/mol. The summed E-state index contributed by atoms with van der Waals surface area (Å²) in [7, 11) is 4.05. The van der Waals surface area contributed by atoms with Crippen LogP contribution in [0.25, 0.3) is 10.9 Å². The summed E-state index contributed by atoms with van der Waals surface area (Å²) in [4.78, 5) is 16.9. The van der Waals surface area contributed by atoms with Crippen LogP contribution in [-0.2, 0) is 11.8 Å². The fourth-order valence-corrected chi connectivity index (χ4v) is 3.68. The Kier molecular flexibility index (Phi) is 6.59. The lowest BCUT2D eigenvalue weighted by Gasteiger charge is -2.33. The fraction of sp³-hybridized carbons (Fsp3) is 0.571. The maximum atomic E-state index is 12.4. The number of β-amino-alcohol motifs (C(OH)–C–C–N with tert-alkyl or cyclic N) is 1. The molecular formula is C21H31N3O4. The third-order valence-corrected chi connectivity index (χ3v) is 5.45. The van der Waals surface area contributed by atoms with Gasteiger partial charge in [0.2, 0.25) is 0 Å². The third-order valence-electron chi connectivity index (χ3n) is 5.45. The van der Waals surface area contributed by atoms with Gasteiger partial charge in [0.1, 0.15) is 18.5 Å². The number of rotatable bonds is 7. The molecule has 1 aromatic heterocycles. The minimum Gasteiger partial charge on any atom is -0.491 e. The number of carbonyl (C=O) groups excluding carboxylic acids is 1. The van der Waals surface area contributed by atoms with Crippen LogP contribution in [-0.4, -0.2) is 84.5 Å². The smallest absolute Gasteiger partial charge is 0.340 e. The Bertz CT molecular complexity index is 825. The van der Waals surface area contributed by atoms with Crippen LogP contribution in [0.3, 0.4) is 0 Å². The number of ether oxygens (including phenoxy) is 2. The van der Waals surface area contributed by atoms with Gasteiger partial charge in [-0.05, 0) is 39.1 Å². The summed E-state index contributed by atoms with van der Waals surface area (Å²) >= 11 is 0. The van der Waals surface area contributed by atoms with Gasteiger partial charge in [0.05, 0.1) is 12.2 Å². The lowest BCUT2D eigenvalue weighted by atomic mass is 10.1. The number of carbonyl (C=O) groups is 1. The molecule has 28 heavy (non-hydrogen) atoms. The standard InChI is InChI=1S/C21H31N3O4/c1-5-27-21(26)20-15(2)23(4)19-7-6-17(12-18(19)20)28-14-16(25)13-24-10-8-22(3)9-11-24/h6-7,12,16,25H,5,8-11,13-14H2,1-4H3/t16-/m1/s1. The molecule has 1 saturated heterocycles. The second kappa shape index (κ2) is 8.94. The zero-order chi connectivity index (χ0) is 20.3.